The van der Waals surface area contributed by atoms with Gasteiger partial charge < -0.3 is 10.4 Å². The lowest BCUT2D eigenvalue weighted by molar-refractivity contribution is 0.179. The van der Waals surface area contributed by atoms with Gasteiger partial charge in [-0.15, -0.1) is 0 Å². The molecule has 1 fully saturated rings. The summed E-state index contributed by atoms with van der Waals surface area (Å²) in [6.07, 6.45) is 0.967. The van der Waals surface area contributed by atoms with Gasteiger partial charge in [0.15, 0.2) is 0 Å². The average molecular weight is 209 g/mol. The summed E-state index contributed by atoms with van der Waals surface area (Å²) in [4.78, 5) is 0. The van der Waals surface area contributed by atoms with Gasteiger partial charge in [-0.25, -0.2) is 4.39 Å². The SMILES string of the molecule is OCC1CNCCC1c1cccc(F)c1. The van der Waals surface area contributed by atoms with Gasteiger partial charge in [-0.2, -0.15) is 0 Å². The van der Waals surface area contributed by atoms with Crippen LogP contribution in [-0.4, -0.2) is 24.8 Å². The predicted octanol–water partition coefficient (Wildman–Crippen LogP) is 1.51. The van der Waals surface area contributed by atoms with Crippen LogP contribution in [0.2, 0.25) is 0 Å². The van der Waals surface area contributed by atoms with Gasteiger partial charge in [-0.1, -0.05) is 12.1 Å². The molecule has 2 unspecified atom stereocenters. The fraction of sp³-hybridized carbons (Fsp3) is 0.500. The molecular weight excluding hydrogens is 193 g/mol. The van der Waals surface area contributed by atoms with Gasteiger partial charge in [0, 0.05) is 19.1 Å². The van der Waals surface area contributed by atoms with Gasteiger partial charge in [0.1, 0.15) is 5.82 Å². The Morgan fingerprint density at radius 1 is 1.47 bits per heavy atom. The zero-order valence-corrected chi connectivity index (χ0v) is 8.62. The molecule has 0 aliphatic carbocycles. The first-order valence-corrected chi connectivity index (χ1v) is 5.38. The zero-order valence-electron chi connectivity index (χ0n) is 8.62. The molecule has 1 aromatic rings. The van der Waals surface area contributed by atoms with E-state index in [0.717, 1.165) is 25.1 Å². The van der Waals surface area contributed by atoms with E-state index < -0.39 is 0 Å². The molecule has 82 valence electrons. The lowest BCUT2D eigenvalue weighted by Crippen LogP contribution is -2.37. The van der Waals surface area contributed by atoms with E-state index in [1.54, 1.807) is 12.1 Å². The topological polar surface area (TPSA) is 32.3 Å². The molecule has 0 bridgehead atoms. The number of halogens is 1. The van der Waals surface area contributed by atoms with Gasteiger partial charge >= 0.3 is 0 Å². The summed E-state index contributed by atoms with van der Waals surface area (Å²) in [6.45, 7) is 1.92. The molecule has 2 rings (SSSR count). The molecule has 15 heavy (non-hydrogen) atoms. The molecule has 3 heteroatoms. The molecule has 0 saturated carbocycles. The Bertz CT molecular complexity index is 329. The maximum absolute atomic E-state index is 13.1. The number of hydrogen-bond acceptors (Lipinski definition) is 2. The van der Waals surface area contributed by atoms with Crippen LogP contribution >= 0.6 is 0 Å². The summed E-state index contributed by atoms with van der Waals surface area (Å²) >= 11 is 0. The molecule has 0 spiro atoms. The fourth-order valence-corrected chi connectivity index (χ4v) is 2.29. The maximum atomic E-state index is 13.1. The van der Waals surface area contributed by atoms with Crippen molar-refractivity contribution >= 4 is 0 Å². The van der Waals surface area contributed by atoms with Crippen LogP contribution in [0.5, 0.6) is 0 Å². The smallest absolute Gasteiger partial charge is 0.123 e. The van der Waals surface area contributed by atoms with Gasteiger partial charge in [0.25, 0.3) is 0 Å². The molecule has 0 radical (unpaired) electrons. The van der Waals surface area contributed by atoms with Crippen molar-refractivity contribution in [1.29, 1.82) is 0 Å². The largest absolute Gasteiger partial charge is 0.396 e. The minimum atomic E-state index is -0.192. The Morgan fingerprint density at radius 3 is 3.07 bits per heavy atom. The highest BCUT2D eigenvalue weighted by molar-refractivity contribution is 5.22. The maximum Gasteiger partial charge on any atom is 0.123 e. The Balaban J connectivity index is 2.20. The van der Waals surface area contributed by atoms with E-state index in [0.29, 0.717) is 0 Å². The van der Waals surface area contributed by atoms with Crippen LogP contribution in [0, 0.1) is 11.7 Å². The van der Waals surface area contributed by atoms with Crippen LogP contribution in [-0.2, 0) is 0 Å². The van der Waals surface area contributed by atoms with Crippen molar-refractivity contribution in [3.8, 4) is 0 Å². The number of benzene rings is 1. The van der Waals surface area contributed by atoms with Crippen molar-refractivity contribution in [1.82, 2.24) is 5.32 Å². The van der Waals surface area contributed by atoms with E-state index in [2.05, 4.69) is 5.32 Å². The molecule has 2 N–H and O–H groups in total. The lowest BCUT2D eigenvalue weighted by atomic mass is 9.81. The second kappa shape index (κ2) is 4.73. The summed E-state index contributed by atoms with van der Waals surface area (Å²) in [5.41, 5.74) is 1.01. The van der Waals surface area contributed by atoms with Crippen molar-refractivity contribution in [3.63, 3.8) is 0 Å². The Hall–Kier alpha value is -0.930. The second-order valence-electron chi connectivity index (χ2n) is 4.10. The van der Waals surface area contributed by atoms with E-state index >= 15 is 0 Å². The highest BCUT2D eigenvalue weighted by Gasteiger charge is 2.25. The summed E-state index contributed by atoms with van der Waals surface area (Å²) in [5, 5.41) is 12.5. The molecule has 0 amide bonds. The molecule has 1 saturated heterocycles. The third-order valence-corrected chi connectivity index (χ3v) is 3.12. The Labute approximate surface area is 89.1 Å². The number of hydrogen-bond donors (Lipinski definition) is 2. The van der Waals surface area contributed by atoms with Crippen LogP contribution in [0.1, 0.15) is 17.9 Å². The van der Waals surface area contributed by atoms with Crippen LogP contribution in [0.3, 0.4) is 0 Å². The average Bonchev–Trinajstić information content (AvgIpc) is 2.29. The van der Waals surface area contributed by atoms with Crippen molar-refractivity contribution < 1.29 is 9.50 Å². The Morgan fingerprint density at radius 2 is 2.33 bits per heavy atom. The van der Waals surface area contributed by atoms with Crippen LogP contribution in [0.25, 0.3) is 0 Å². The van der Waals surface area contributed by atoms with Crippen LogP contribution in [0.4, 0.5) is 4.39 Å². The molecule has 1 heterocycles. The Kier molecular flexibility index (Phi) is 3.34. The molecular formula is C12H16FNO. The van der Waals surface area contributed by atoms with Crippen molar-refractivity contribution in [2.45, 2.75) is 12.3 Å². The normalized spacial score (nSPS) is 26.5. The number of nitrogens with one attached hydrogen (secondary N) is 1. The molecule has 1 aliphatic rings. The summed E-state index contributed by atoms with van der Waals surface area (Å²) in [7, 11) is 0. The summed E-state index contributed by atoms with van der Waals surface area (Å²) in [6, 6.07) is 6.72. The number of aliphatic hydroxyl groups is 1. The predicted molar refractivity (Wildman–Crippen MR) is 57.2 cm³/mol. The van der Waals surface area contributed by atoms with Gasteiger partial charge in [0.2, 0.25) is 0 Å². The molecule has 1 aromatic carbocycles. The molecule has 2 nitrogen and oxygen atoms in total. The second-order valence-corrected chi connectivity index (χ2v) is 4.10. The molecule has 1 aliphatic heterocycles. The first-order chi connectivity index (χ1) is 7.31. The van der Waals surface area contributed by atoms with Gasteiger partial charge in [-0.05, 0) is 36.6 Å². The highest BCUT2D eigenvalue weighted by atomic mass is 19.1. The summed E-state index contributed by atoms with van der Waals surface area (Å²) in [5.74, 6) is 0.301. The quantitative estimate of drug-likeness (QED) is 0.774. The first kappa shape index (κ1) is 10.6. The van der Waals surface area contributed by atoms with Gasteiger partial charge in [-0.3, -0.25) is 0 Å². The number of aliphatic hydroxyl groups excluding tert-OH is 1. The minimum absolute atomic E-state index is 0.161. The molecule has 0 aromatic heterocycles. The van der Waals surface area contributed by atoms with E-state index in [4.69, 9.17) is 0 Å². The lowest BCUT2D eigenvalue weighted by Gasteiger charge is -2.31. The summed E-state index contributed by atoms with van der Waals surface area (Å²) < 4.78 is 13.1. The number of rotatable bonds is 2. The number of piperidine rings is 1. The third-order valence-electron chi connectivity index (χ3n) is 3.12. The monoisotopic (exact) mass is 209 g/mol. The fourth-order valence-electron chi connectivity index (χ4n) is 2.29. The standard InChI is InChI=1S/C12H16FNO/c13-11-3-1-2-9(6-11)12-4-5-14-7-10(12)8-15/h1-3,6,10,12,14-15H,4-5,7-8H2. The van der Waals surface area contributed by atoms with Crippen LogP contribution in [0.15, 0.2) is 24.3 Å². The van der Waals surface area contributed by atoms with E-state index in [1.165, 1.54) is 6.07 Å². The van der Waals surface area contributed by atoms with Crippen molar-refractivity contribution in [2.24, 2.45) is 5.92 Å². The molecule has 2 atom stereocenters. The third kappa shape index (κ3) is 2.36. The van der Waals surface area contributed by atoms with Crippen molar-refractivity contribution in [3.05, 3.63) is 35.6 Å². The first-order valence-electron chi connectivity index (χ1n) is 5.38. The van der Waals surface area contributed by atoms with E-state index in [1.807, 2.05) is 6.07 Å². The van der Waals surface area contributed by atoms with E-state index in [-0.39, 0.29) is 24.3 Å². The van der Waals surface area contributed by atoms with Crippen LogP contribution < -0.4 is 5.32 Å². The van der Waals surface area contributed by atoms with Crippen molar-refractivity contribution in [2.75, 3.05) is 19.7 Å². The van der Waals surface area contributed by atoms with Gasteiger partial charge in [0.05, 0.1) is 0 Å². The minimum Gasteiger partial charge on any atom is -0.396 e. The zero-order chi connectivity index (χ0) is 10.7. The van der Waals surface area contributed by atoms with E-state index in [9.17, 15) is 9.50 Å². The highest BCUT2D eigenvalue weighted by Crippen LogP contribution is 2.30.